The number of hydrogen-bond donors (Lipinski definition) is 0. The predicted octanol–water partition coefficient (Wildman–Crippen LogP) is 8.21. The van der Waals surface area contributed by atoms with Crippen molar-refractivity contribution in [2.24, 2.45) is 16.2 Å². The summed E-state index contributed by atoms with van der Waals surface area (Å²) in [4.78, 5) is 0. The molecule has 0 saturated heterocycles. The van der Waals surface area contributed by atoms with Gasteiger partial charge in [0, 0.05) is 0 Å². The molecule has 3 saturated carbocycles. The molecular formula is C30H42. The molecule has 0 N–H and O–H groups in total. The normalized spacial score (nSPS) is 48.9. The van der Waals surface area contributed by atoms with Crippen molar-refractivity contribution in [3.8, 4) is 0 Å². The van der Waals surface area contributed by atoms with E-state index in [1.54, 1.807) is 0 Å². The van der Waals surface area contributed by atoms with Crippen LogP contribution in [0.4, 0.5) is 0 Å². The standard InChI is InChI=1S/C30H42/c1-25(2)16-10-13-28(25,7)22-19(16)23-21(18-12-14-29(23,8)27(18,5)6)24-20(22)17-11-15-30(24,9)26(17,3)4/h16-18H,10-15H2,1-9H3/t16-,17-,18+,28+,29-,30+/m0/s1. The summed E-state index contributed by atoms with van der Waals surface area (Å²) < 4.78 is 0. The van der Waals surface area contributed by atoms with Gasteiger partial charge in [0.1, 0.15) is 0 Å². The maximum atomic E-state index is 2.67. The van der Waals surface area contributed by atoms with Gasteiger partial charge in [0.25, 0.3) is 0 Å². The minimum absolute atomic E-state index is 0.380. The van der Waals surface area contributed by atoms with E-state index in [0.29, 0.717) is 32.5 Å². The van der Waals surface area contributed by atoms with Crippen molar-refractivity contribution >= 4 is 0 Å². The lowest BCUT2D eigenvalue weighted by Gasteiger charge is -2.41. The number of fused-ring (bicyclic) bond motifs is 18. The number of hydrogen-bond acceptors (Lipinski definition) is 0. The highest BCUT2D eigenvalue weighted by Gasteiger charge is 2.71. The van der Waals surface area contributed by atoms with E-state index in [1.165, 1.54) is 38.5 Å². The van der Waals surface area contributed by atoms with Crippen molar-refractivity contribution in [1.29, 1.82) is 0 Å². The third-order valence-corrected chi connectivity index (χ3v) is 14.0. The molecule has 1 aromatic rings. The van der Waals surface area contributed by atoms with Gasteiger partial charge in [-0.3, -0.25) is 0 Å². The Kier molecular flexibility index (Phi) is 2.81. The number of rotatable bonds is 0. The summed E-state index contributed by atoms with van der Waals surface area (Å²) in [6.45, 7) is 23.8. The van der Waals surface area contributed by atoms with Crippen LogP contribution in [0, 0.1) is 16.2 Å². The average Bonchev–Trinajstić information content (AvgIpc) is 3.28. The smallest absolute Gasteiger partial charge is 0.00122 e. The van der Waals surface area contributed by atoms with E-state index in [9.17, 15) is 0 Å². The molecule has 0 unspecified atom stereocenters. The summed E-state index contributed by atoms with van der Waals surface area (Å²) in [6, 6.07) is 0. The molecule has 0 nitrogen and oxygen atoms in total. The highest BCUT2D eigenvalue weighted by atomic mass is 14.7. The van der Waals surface area contributed by atoms with Crippen LogP contribution in [0.2, 0.25) is 0 Å². The second-order valence-electron chi connectivity index (χ2n) is 14.8. The van der Waals surface area contributed by atoms with Crippen molar-refractivity contribution in [1.82, 2.24) is 0 Å². The monoisotopic (exact) mass is 402 g/mol. The van der Waals surface area contributed by atoms with Gasteiger partial charge in [-0.2, -0.15) is 0 Å². The fourth-order valence-corrected chi connectivity index (χ4v) is 11.0. The van der Waals surface area contributed by atoms with Gasteiger partial charge in [0.2, 0.25) is 0 Å². The zero-order valence-electron chi connectivity index (χ0n) is 21.0. The largest absolute Gasteiger partial charge is 0.0585 e. The van der Waals surface area contributed by atoms with Gasteiger partial charge in [0.05, 0.1) is 0 Å². The first-order valence-corrected chi connectivity index (χ1v) is 13.0. The van der Waals surface area contributed by atoms with E-state index in [0.717, 1.165) is 17.8 Å². The van der Waals surface area contributed by atoms with Gasteiger partial charge < -0.3 is 0 Å². The Balaban J connectivity index is 1.70. The minimum Gasteiger partial charge on any atom is -0.0585 e. The van der Waals surface area contributed by atoms with Crippen molar-refractivity contribution in [2.45, 2.75) is 135 Å². The van der Waals surface area contributed by atoms with Gasteiger partial charge in [-0.1, -0.05) is 62.3 Å². The molecule has 3 fully saturated rings. The van der Waals surface area contributed by atoms with Gasteiger partial charge in [-0.15, -0.1) is 0 Å². The molecule has 0 aromatic heterocycles. The topological polar surface area (TPSA) is 0 Å². The predicted molar refractivity (Wildman–Crippen MR) is 126 cm³/mol. The van der Waals surface area contributed by atoms with Crippen LogP contribution in [0.15, 0.2) is 0 Å². The quantitative estimate of drug-likeness (QED) is 0.410. The van der Waals surface area contributed by atoms with Crippen LogP contribution in [0.1, 0.15) is 152 Å². The van der Waals surface area contributed by atoms with Gasteiger partial charge in [0.15, 0.2) is 0 Å². The van der Waals surface area contributed by atoms with Crippen LogP contribution in [0.25, 0.3) is 0 Å². The fourth-order valence-electron chi connectivity index (χ4n) is 11.0. The van der Waals surface area contributed by atoms with Gasteiger partial charge >= 0.3 is 0 Å². The van der Waals surface area contributed by atoms with E-state index in [-0.39, 0.29) is 0 Å². The Morgan fingerprint density at radius 2 is 0.667 bits per heavy atom. The first-order chi connectivity index (χ1) is 13.8. The Morgan fingerprint density at radius 1 is 0.433 bits per heavy atom. The van der Waals surface area contributed by atoms with E-state index >= 15 is 0 Å². The summed E-state index contributed by atoms with van der Waals surface area (Å²) in [6.07, 6.45) is 8.51. The molecule has 162 valence electrons. The van der Waals surface area contributed by atoms with Gasteiger partial charge in [-0.05, 0) is 122 Å². The molecule has 0 radical (unpaired) electrons. The summed E-state index contributed by atoms with van der Waals surface area (Å²) >= 11 is 0. The molecule has 0 heteroatoms. The molecule has 0 amide bonds. The summed E-state index contributed by atoms with van der Waals surface area (Å²) in [5.41, 5.74) is 13.8. The van der Waals surface area contributed by atoms with E-state index in [2.05, 4.69) is 62.3 Å². The molecule has 6 aliphatic rings. The van der Waals surface area contributed by atoms with E-state index < -0.39 is 0 Å². The van der Waals surface area contributed by atoms with Crippen LogP contribution in [0.5, 0.6) is 0 Å². The Morgan fingerprint density at radius 3 is 0.900 bits per heavy atom. The van der Waals surface area contributed by atoms with Crippen LogP contribution in [-0.4, -0.2) is 0 Å². The average molecular weight is 403 g/mol. The Hall–Kier alpha value is -0.780. The van der Waals surface area contributed by atoms with Crippen LogP contribution >= 0.6 is 0 Å². The molecule has 6 aliphatic carbocycles. The second-order valence-corrected chi connectivity index (χ2v) is 14.8. The molecule has 0 heterocycles. The van der Waals surface area contributed by atoms with Crippen LogP contribution < -0.4 is 0 Å². The van der Waals surface area contributed by atoms with E-state index in [1.807, 2.05) is 33.4 Å². The van der Waals surface area contributed by atoms with Crippen LogP contribution in [-0.2, 0) is 16.2 Å². The van der Waals surface area contributed by atoms with Crippen LogP contribution in [0.3, 0.4) is 0 Å². The minimum atomic E-state index is 0.380. The van der Waals surface area contributed by atoms with Crippen molar-refractivity contribution < 1.29 is 0 Å². The Bertz CT molecular complexity index is 896. The zero-order chi connectivity index (χ0) is 21.4. The highest BCUT2D eigenvalue weighted by Crippen LogP contribution is 2.81. The first-order valence-electron chi connectivity index (χ1n) is 13.0. The maximum Gasteiger partial charge on any atom is -0.00122 e. The van der Waals surface area contributed by atoms with Crippen molar-refractivity contribution in [3.05, 3.63) is 33.4 Å². The summed E-state index contributed by atoms with van der Waals surface area (Å²) in [5, 5.41) is 0. The van der Waals surface area contributed by atoms with E-state index in [4.69, 9.17) is 0 Å². The summed E-state index contributed by atoms with van der Waals surface area (Å²) in [7, 11) is 0. The molecule has 6 bridgehead atoms. The maximum absolute atomic E-state index is 2.67. The zero-order valence-corrected chi connectivity index (χ0v) is 21.0. The molecule has 1 aromatic carbocycles. The first kappa shape index (κ1) is 18.8. The molecule has 0 aliphatic heterocycles. The second kappa shape index (κ2) is 4.49. The molecular weight excluding hydrogens is 360 g/mol. The summed E-state index contributed by atoms with van der Waals surface area (Å²) in [5.74, 6) is 2.37. The lowest BCUT2D eigenvalue weighted by Crippen LogP contribution is -2.34. The fraction of sp³-hybridized carbons (Fsp3) is 0.800. The molecule has 6 atom stereocenters. The molecule has 7 rings (SSSR count). The van der Waals surface area contributed by atoms with Crippen molar-refractivity contribution in [2.75, 3.05) is 0 Å². The molecule has 30 heavy (non-hydrogen) atoms. The SMILES string of the molecule is CC1(C)[C@@H]2CC[C@@]1(C)c1c2c2c(c3c1[C@@H]1CC[C@@]3(C)C1(C)C)[C@@H]1CC[C@@]2(C)C1(C)C. The molecule has 0 spiro atoms. The van der Waals surface area contributed by atoms with Gasteiger partial charge in [-0.25, -0.2) is 0 Å². The Labute approximate surface area is 184 Å². The number of benzene rings is 1. The highest BCUT2D eigenvalue weighted by molar-refractivity contribution is 5.73. The van der Waals surface area contributed by atoms with Crippen molar-refractivity contribution in [3.63, 3.8) is 0 Å². The lowest BCUT2D eigenvalue weighted by atomic mass is 9.63. The third-order valence-electron chi connectivity index (χ3n) is 14.0. The third kappa shape index (κ3) is 1.39. The lowest BCUT2D eigenvalue weighted by molar-refractivity contribution is 0.222.